The minimum Gasteiger partial charge on any atom is -0.394 e. The van der Waals surface area contributed by atoms with Crippen LogP contribution in [0.4, 0.5) is 0 Å². The lowest BCUT2D eigenvalue weighted by Gasteiger charge is -2.20. The van der Waals surface area contributed by atoms with Gasteiger partial charge in [-0.25, -0.2) is 0 Å². The van der Waals surface area contributed by atoms with E-state index in [0.717, 1.165) is 12.8 Å². The molecule has 1 rings (SSSR count). The summed E-state index contributed by atoms with van der Waals surface area (Å²) in [5, 5.41) is 8.79. The van der Waals surface area contributed by atoms with E-state index in [2.05, 4.69) is 4.90 Å². The van der Waals surface area contributed by atoms with Crippen LogP contribution in [0.5, 0.6) is 0 Å². The van der Waals surface area contributed by atoms with Crippen LogP contribution in [-0.2, 0) is 0 Å². The highest BCUT2D eigenvalue weighted by atomic mass is 16.3. The smallest absolute Gasteiger partial charge is 0.0615 e. The van der Waals surface area contributed by atoms with Gasteiger partial charge in [-0.2, -0.15) is 0 Å². The molecule has 1 N–H and O–H groups in total. The van der Waals surface area contributed by atoms with E-state index in [1.807, 2.05) is 14.1 Å². The minimum atomic E-state index is 0.181. The first-order valence-electron chi connectivity index (χ1n) is 2.99. The molecule has 0 aromatic rings. The molecular weight excluding hydrogens is 102 g/mol. The minimum absolute atomic E-state index is 0.181. The molecule has 2 heteroatoms. The first kappa shape index (κ1) is 6.05. The standard InChI is InChI=1S/C6H13NO/c1-7(2)6(5-8)3-4-6/h8H,3-5H2,1-2H3. The monoisotopic (exact) mass is 115 g/mol. The van der Waals surface area contributed by atoms with Gasteiger partial charge in [-0.15, -0.1) is 0 Å². The summed E-state index contributed by atoms with van der Waals surface area (Å²) in [5.74, 6) is 0. The lowest BCUT2D eigenvalue weighted by Crippen LogP contribution is -2.33. The van der Waals surface area contributed by atoms with Gasteiger partial charge in [0.1, 0.15) is 0 Å². The summed E-state index contributed by atoms with van der Waals surface area (Å²) in [4.78, 5) is 2.10. The number of hydrogen-bond acceptors (Lipinski definition) is 2. The lowest BCUT2D eigenvalue weighted by atomic mass is 10.3. The van der Waals surface area contributed by atoms with Gasteiger partial charge in [-0.1, -0.05) is 0 Å². The predicted molar refractivity (Wildman–Crippen MR) is 32.7 cm³/mol. The number of nitrogens with zero attached hydrogens (tertiary/aromatic N) is 1. The third-order valence-corrected chi connectivity index (χ3v) is 2.07. The molecule has 0 aromatic carbocycles. The average Bonchev–Trinajstić information content (AvgIpc) is 2.44. The average molecular weight is 115 g/mol. The van der Waals surface area contributed by atoms with E-state index >= 15 is 0 Å². The van der Waals surface area contributed by atoms with Gasteiger partial charge in [0.05, 0.1) is 6.61 Å². The first-order chi connectivity index (χ1) is 3.71. The largest absolute Gasteiger partial charge is 0.394 e. The van der Waals surface area contributed by atoms with Crippen molar-refractivity contribution in [1.82, 2.24) is 4.90 Å². The molecule has 48 valence electrons. The molecular formula is C6H13NO. The van der Waals surface area contributed by atoms with E-state index in [-0.39, 0.29) is 5.54 Å². The molecule has 1 aliphatic rings. The molecule has 0 atom stereocenters. The first-order valence-corrected chi connectivity index (χ1v) is 2.99. The van der Waals surface area contributed by atoms with E-state index in [1.54, 1.807) is 0 Å². The summed E-state index contributed by atoms with van der Waals surface area (Å²) >= 11 is 0. The molecule has 0 aliphatic heterocycles. The normalized spacial score (nSPS) is 24.0. The van der Waals surface area contributed by atoms with E-state index in [4.69, 9.17) is 5.11 Å². The Morgan fingerprint density at radius 2 is 2.00 bits per heavy atom. The van der Waals surface area contributed by atoms with E-state index in [1.165, 1.54) is 0 Å². The molecule has 0 spiro atoms. The molecule has 2 nitrogen and oxygen atoms in total. The van der Waals surface area contributed by atoms with Crippen LogP contribution in [0.3, 0.4) is 0 Å². The van der Waals surface area contributed by atoms with Crippen molar-refractivity contribution in [1.29, 1.82) is 0 Å². The van der Waals surface area contributed by atoms with Gasteiger partial charge in [0, 0.05) is 5.54 Å². The number of aliphatic hydroxyl groups is 1. The Kier molecular flexibility index (Phi) is 1.29. The molecule has 0 saturated heterocycles. The van der Waals surface area contributed by atoms with Crippen molar-refractivity contribution in [3.8, 4) is 0 Å². The highest BCUT2D eigenvalue weighted by Gasteiger charge is 2.43. The van der Waals surface area contributed by atoms with Crippen molar-refractivity contribution >= 4 is 0 Å². The van der Waals surface area contributed by atoms with Crippen molar-refractivity contribution in [3.63, 3.8) is 0 Å². The van der Waals surface area contributed by atoms with Gasteiger partial charge in [-0.3, -0.25) is 0 Å². The van der Waals surface area contributed by atoms with E-state index in [9.17, 15) is 0 Å². The number of aliphatic hydroxyl groups excluding tert-OH is 1. The molecule has 0 radical (unpaired) electrons. The van der Waals surface area contributed by atoms with Gasteiger partial charge in [-0.05, 0) is 26.9 Å². The third kappa shape index (κ3) is 0.740. The molecule has 1 fully saturated rings. The molecule has 0 amide bonds. The van der Waals surface area contributed by atoms with Crippen LogP contribution in [0.25, 0.3) is 0 Å². The highest BCUT2D eigenvalue weighted by molar-refractivity contribution is 5.00. The lowest BCUT2D eigenvalue weighted by molar-refractivity contribution is 0.152. The van der Waals surface area contributed by atoms with Crippen molar-refractivity contribution in [2.24, 2.45) is 0 Å². The van der Waals surface area contributed by atoms with Gasteiger partial charge in [0.2, 0.25) is 0 Å². The number of hydrogen-bond donors (Lipinski definition) is 1. The topological polar surface area (TPSA) is 23.5 Å². The van der Waals surface area contributed by atoms with Crippen LogP contribution in [-0.4, -0.2) is 36.2 Å². The van der Waals surface area contributed by atoms with Crippen LogP contribution in [0, 0.1) is 0 Å². The predicted octanol–water partition coefficient (Wildman–Crippen LogP) is 0.0729. The van der Waals surface area contributed by atoms with E-state index < -0.39 is 0 Å². The van der Waals surface area contributed by atoms with Crippen molar-refractivity contribution in [2.75, 3.05) is 20.7 Å². The molecule has 0 bridgehead atoms. The number of likely N-dealkylation sites (N-methyl/N-ethyl adjacent to an activating group) is 1. The van der Waals surface area contributed by atoms with Gasteiger partial charge in [0.25, 0.3) is 0 Å². The summed E-state index contributed by atoms with van der Waals surface area (Å²) in [6, 6.07) is 0. The van der Waals surface area contributed by atoms with Gasteiger partial charge in [0.15, 0.2) is 0 Å². The zero-order valence-corrected chi connectivity index (χ0v) is 5.52. The maximum atomic E-state index is 8.79. The Morgan fingerprint density at radius 3 is 2.00 bits per heavy atom. The number of rotatable bonds is 2. The SMILES string of the molecule is CN(C)C1(CO)CC1. The van der Waals surface area contributed by atoms with E-state index in [0.29, 0.717) is 6.61 Å². The fraction of sp³-hybridized carbons (Fsp3) is 1.00. The van der Waals surface area contributed by atoms with Gasteiger partial charge >= 0.3 is 0 Å². The fourth-order valence-electron chi connectivity index (χ4n) is 0.891. The fourth-order valence-corrected chi connectivity index (χ4v) is 0.891. The molecule has 0 aromatic heterocycles. The molecule has 1 aliphatic carbocycles. The van der Waals surface area contributed by atoms with Crippen molar-refractivity contribution in [2.45, 2.75) is 18.4 Å². The van der Waals surface area contributed by atoms with Gasteiger partial charge < -0.3 is 10.0 Å². The Hall–Kier alpha value is -0.0800. The maximum Gasteiger partial charge on any atom is 0.0615 e. The second-order valence-electron chi connectivity index (χ2n) is 2.78. The van der Waals surface area contributed by atoms with Crippen LogP contribution in [0.15, 0.2) is 0 Å². The Balaban J connectivity index is 2.41. The molecule has 0 unspecified atom stereocenters. The Bertz CT molecular complexity index is 86.5. The second-order valence-corrected chi connectivity index (χ2v) is 2.78. The Labute approximate surface area is 50.1 Å². The zero-order valence-electron chi connectivity index (χ0n) is 5.52. The summed E-state index contributed by atoms with van der Waals surface area (Å²) in [5.41, 5.74) is 0.181. The van der Waals surface area contributed by atoms with Crippen molar-refractivity contribution in [3.05, 3.63) is 0 Å². The zero-order chi connectivity index (χ0) is 6.20. The quantitative estimate of drug-likeness (QED) is 0.550. The molecule has 1 saturated carbocycles. The maximum absolute atomic E-state index is 8.79. The van der Waals surface area contributed by atoms with Crippen LogP contribution in [0.2, 0.25) is 0 Å². The summed E-state index contributed by atoms with van der Waals surface area (Å²) in [6.45, 7) is 0.319. The third-order valence-electron chi connectivity index (χ3n) is 2.07. The molecule has 0 heterocycles. The summed E-state index contributed by atoms with van der Waals surface area (Å²) in [7, 11) is 4.03. The summed E-state index contributed by atoms with van der Waals surface area (Å²) < 4.78 is 0. The second kappa shape index (κ2) is 1.71. The van der Waals surface area contributed by atoms with Crippen molar-refractivity contribution < 1.29 is 5.11 Å². The summed E-state index contributed by atoms with van der Waals surface area (Å²) in [6.07, 6.45) is 2.33. The van der Waals surface area contributed by atoms with Crippen LogP contribution < -0.4 is 0 Å². The van der Waals surface area contributed by atoms with Crippen LogP contribution in [0.1, 0.15) is 12.8 Å². The van der Waals surface area contributed by atoms with Crippen LogP contribution >= 0.6 is 0 Å². The Morgan fingerprint density at radius 1 is 1.50 bits per heavy atom. The highest BCUT2D eigenvalue weighted by Crippen LogP contribution is 2.38. The molecule has 8 heavy (non-hydrogen) atoms.